The lowest BCUT2D eigenvalue weighted by atomic mass is 9.86. The second-order valence-electron chi connectivity index (χ2n) is 4.07. The normalized spacial score (nSPS) is 13.4. The Labute approximate surface area is 98.7 Å². The molecule has 0 saturated carbocycles. The predicted molar refractivity (Wildman–Crippen MR) is 65.6 cm³/mol. The van der Waals surface area contributed by atoms with Crippen molar-refractivity contribution in [2.45, 2.75) is 5.92 Å². The maximum absolute atomic E-state index is 11.5. The zero-order valence-electron chi connectivity index (χ0n) is 9.05. The van der Waals surface area contributed by atoms with E-state index in [9.17, 15) is 9.90 Å². The third kappa shape index (κ3) is 1.47. The highest BCUT2D eigenvalue weighted by atomic mass is 16.4. The fourth-order valence-electron chi connectivity index (χ4n) is 2.30. The number of fused-ring (bicyclic) bond motifs is 2. The highest BCUT2D eigenvalue weighted by molar-refractivity contribution is 5.89. The van der Waals surface area contributed by atoms with Gasteiger partial charge in [-0.3, -0.25) is 4.79 Å². The molecule has 17 heavy (non-hydrogen) atoms. The first-order valence-electron chi connectivity index (χ1n) is 5.45. The summed E-state index contributed by atoms with van der Waals surface area (Å²) >= 11 is 0. The summed E-state index contributed by atoms with van der Waals surface area (Å²) < 4.78 is 0. The van der Waals surface area contributed by atoms with Gasteiger partial charge in [0.05, 0.1) is 0 Å². The summed E-state index contributed by atoms with van der Waals surface area (Å²) in [6, 6.07) is 15.1. The number of carbonyl (C=O) groups is 1. The molecule has 0 amide bonds. The summed E-state index contributed by atoms with van der Waals surface area (Å²) in [6.45, 7) is 0. The Kier molecular flexibility index (Phi) is 2.11. The molecule has 0 fully saturated rings. The summed E-state index contributed by atoms with van der Waals surface area (Å²) in [5, 5.41) is 12.7. The van der Waals surface area contributed by atoms with Crippen molar-refractivity contribution in [3.8, 4) is 0 Å². The second kappa shape index (κ2) is 3.63. The Balaban J connectivity index is 2.24. The van der Waals surface area contributed by atoms with E-state index in [1.165, 1.54) is 0 Å². The molecule has 0 spiro atoms. The summed E-state index contributed by atoms with van der Waals surface area (Å²) in [4.78, 5) is 11.5. The van der Waals surface area contributed by atoms with E-state index >= 15 is 0 Å². The Morgan fingerprint density at radius 2 is 1.41 bits per heavy atom. The van der Waals surface area contributed by atoms with E-state index in [2.05, 4.69) is 5.32 Å². The monoisotopic (exact) mass is 225 g/mol. The Morgan fingerprint density at radius 3 is 1.88 bits per heavy atom. The molecule has 2 aromatic rings. The van der Waals surface area contributed by atoms with Crippen LogP contribution in [-0.4, -0.2) is 11.1 Å². The zero-order valence-corrected chi connectivity index (χ0v) is 9.05. The van der Waals surface area contributed by atoms with Crippen LogP contribution in [0.3, 0.4) is 0 Å². The lowest BCUT2D eigenvalue weighted by Gasteiger charge is -2.26. The average Bonchev–Trinajstić information content (AvgIpc) is 2.35. The van der Waals surface area contributed by atoms with Crippen LogP contribution >= 0.6 is 0 Å². The van der Waals surface area contributed by atoms with E-state index < -0.39 is 11.9 Å². The van der Waals surface area contributed by atoms with E-state index in [0.29, 0.717) is 0 Å². The molecular weight excluding hydrogens is 214 g/mol. The quantitative estimate of drug-likeness (QED) is 0.784. The van der Waals surface area contributed by atoms with Crippen LogP contribution in [0.2, 0.25) is 0 Å². The van der Waals surface area contributed by atoms with Gasteiger partial charge in [0.2, 0.25) is 0 Å². The topological polar surface area (TPSA) is 49.3 Å². The third-order valence-electron chi connectivity index (χ3n) is 3.06. The lowest BCUT2D eigenvalue weighted by molar-refractivity contribution is -0.137. The van der Waals surface area contributed by atoms with E-state index in [1.807, 2.05) is 48.5 Å². The Bertz CT molecular complexity index is 547. The molecule has 3 rings (SSSR count). The van der Waals surface area contributed by atoms with Gasteiger partial charge in [0.1, 0.15) is 5.92 Å². The van der Waals surface area contributed by atoms with Crippen LogP contribution in [0.4, 0.5) is 11.4 Å². The average molecular weight is 225 g/mol. The predicted octanol–water partition coefficient (Wildman–Crippen LogP) is 2.96. The van der Waals surface area contributed by atoms with E-state index in [-0.39, 0.29) is 0 Å². The molecule has 0 radical (unpaired) electrons. The van der Waals surface area contributed by atoms with Gasteiger partial charge >= 0.3 is 5.97 Å². The van der Waals surface area contributed by atoms with E-state index in [1.54, 1.807) is 0 Å². The molecule has 0 atom stereocenters. The minimum absolute atomic E-state index is 0.580. The minimum atomic E-state index is -0.814. The summed E-state index contributed by atoms with van der Waals surface area (Å²) in [6.07, 6.45) is 0. The van der Waals surface area contributed by atoms with Gasteiger partial charge in [-0.05, 0) is 23.3 Å². The van der Waals surface area contributed by atoms with Gasteiger partial charge in [-0.2, -0.15) is 0 Å². The number of benzene rings is 2. The third-order valence-corrected chi connectivity index (χ3v) is 3.06. The van der Waals surface area contributed by atoms with Gasteiger partial charge in [-0.15, -0.1) is 0 Å². The van der Waals surface area contributed by atoms with Crippen molar-refractivity contribution in [3.05, 3.63) is 59.7 Å². The molecular formula is C14H11NO2. The van der Waals surface area contributed by atoms with Crippen molar-refractivity contribution in [2.24, 2.45) is 0 Å². The zero-order chi connectivity index (χ0) is 11.8. The molecule has 0 saturated heterocycles. The number of anilines is 2. The largest absolute Gasteiger partial charge is 0.481 e. The van der Waals surface area contributed by atoms with Gasteiger partial charge in [-0.25, -0.2) is 0 Å². The lowest BCUT2D eigenvalue weighted by Crippen LogP contribution is -2.19. The van der Waals surface area contributed by atoms with Gasteiger partial charge in [0.15, 0.2) is 0 Å². The van der Waals surface area contributed by atoms with E-state index in [4.69, 9.17) is 0 Å². The van der Waals surface area contributed by atoms with Crippen LogP contribution in [0.15, 0.2) is 48.5 Å². The standard InChI is InChI=1S/C14H11NO2/c16-14(17)13-9-5-1-3-7-11(9)15-12-8-4-2-6-10(12)13/h1-8,13,15H,(H,16,17). The van der Waals surface area contributed by atoms with Gasteiger partial charge in [0, 0.05) is 11.4 Å². The first-order chi connectivity index (χ1) is 8.27. The van der Waals surface area contributed by atoms with Crippen molar-refractivity contribution in [1.82, 2.24) is 0 Å². The maximum Gasteiger partial charge on any atom is 0.315 e. The molecule has 0 bridgehead atoms. The van der Waals surface area contributed by atoms with Gasteiger partial charge in [-0.1, -0.05) is 36.4 Å². The van der Waals surface area contributed by atoms with Crippen LogP contribution in [-0.2, 0) is 4.79 Å². The molecule has 3 nitrogen and oxygen atoms in total. The number of carboxylic acids is 1. The minimum Gasteiger partial charge on any atom is -0.481 e. The Morgan fingerprint density at radius 1 is 0.941 bits per heavy atom. The number of nitrogens with one attached hydrogen (secondary N) is 1. The molecule has 0 aliphatic carbocycles. The SMILES string of the molecule is O=C(O)C1c2ccccc2Nc2ccccc21. The van der Waals surface area contributed by atoms with Gasteiger partial charge < -0.3 is 10.4 Å². The number of hydrogen-bond acceptors (Lipinski definition) is 2. The molecule has 84 valence electrons. The second-order valence-corrected chi connectivity index (χ2v) is 4.07. The van der Waals surface area contributed by atoms with Crippen LogP contribution in [0.5, 0.6) is 0 Å². The number of aliphatic carboxylic acids is 1. The molecule has 1 aliphatic rings. The van der Waals surface area contributed by atoms with E-state index in [0.717, 1.165) is 22.5 Å². The highest BCUT2D eigenvalue weighted by Gasteiger charge is 2.30. The fraction of sp³-hybridized carbons (Fsp3) is 0.0714. The van der Waals surface area contributed by atoms with Crippen LogP contribution < -0.4 is 5.32 Å². The summed E-state index contributed by atoms with van der Waals surface area (Å²) in [7, 11) is 0. The molecule has 2 N–H and O–H groups in total. The molecule has 0 unspecified atom stereocenters. The Hall–Kier alpha value is -2.29. The van der Waals surface area contributed by atoms with Crippen LogP contribution in [0.1, 0.15) is 17.0 Å². The van der Waals surface area contributed by atoms with Crippen molar-refractivity contribution in [1.29, 1.82) is 0 Å². The van der Waals surface area contributed by atoms with Crippen molar-refractivity contribution in [2.75, 3.05) is 5.32 Å². The van der Waals surface area contributed by atoms with Crippen LogP contribution in [0, 0.1) is 0 Å². The molecule has 0 aromatic heterocycles. The first kappa shape index (κ1) is 9.90. The number of para-hydroxylation sites is 2. The van der Waals surface area contributed by atoms with Crippen LogP contribution in [0.25, 0.3) is 0 Å². The van der Waals surface area contributed by atoms with Crippen molar-refractivity contribution >= 4 is 17.3 Å². The van der Waals surface area contributed by atoms with Gasteiger partial charge in [0.25, 0.3) is 0 Å². The van der Waals surface area contributed by atoms with Crippen molar-refractivity contribution in [3.63, 3.8) is 0 Å². The summed E-state index contributed by atoms with van der Waals surface area (Å²) in [5.41, 5.74) is 3.38. The van der Waals surface area contributed by atoms with Crippen molar-refractivity contribution < 1.29 is 9.90 Å². The molecule has 2 aromatic carbocycles. The number of hydrogen-bond donors (Lipinski definition) is 2. The molecule has 3 heteroatoms. The number of carboxylic acid groups (broad SMARTS) is 1. The summed E-state index contributed by atoms with van der Waals surface area (Å²) in [5.74, 6) is -1.39. The number of rotatable bonds is 1. The maximum atomic E-state index is 11.5. The first-order valence-corrected chi connectivity index (χ1v) is 5.45. The smallest absolute Gasteiger partial charge is 0.315 e. The highest BCUT2D eigenvalue weighted by Crippen LogP contribution is 2.40. The fourth-order valence-corrected chi connectivity index (χ4v) is 2.30. The molecule has 1 heterocycles. The molecule has 1 aliphatic heterocycles.